The van der Waals surface area contributed by atoms with E-state index in [1.54, 1.807) is 0 Å². The molecule has 0 spiro atoms. The third-order valence-corrected chi connectivity index (χ3v) is 4.40. The van der Waals surface area contributed by atoms with Gasteiger partial charge in [0, 0.05) is 0 Å². The van der Waals surface area contributed by atoms with Crippen molar-refractivity contribution < 1.29 is 17.5 Å². The Hall–Kier alpha value is -1.83. The molecule has 0 heterocycles. The minimum atomic E-state index is -3.61. The van der Waals surface area contributed by atoms with Crippen LogP contribution in [0.3, 0.4) is 0 Å². The summed E-state index contributed by atoms with van der Waals surface area (Å²) in [5, 5.41) is -0.0829. The van der Waals surface area contributed by atoms with Crippen molar-refractivity contribution in [3.8, 4) is 11.5 Å². The van der Waals surface area contributed by atoms with Gasteiger partial charge in [0.2, 0.25) is 10.0 Å². The zero-order valence-electron chi connectivity index (χ0n) is 10.9. The van der Waals surface area contributed by atoms with Crippen LogP contribution in [0.15, 0.2) is 41.3 Å². The number of nitrogen functional groups attached to an aromatic ring is 1. The van der Waals surface area contributed by atoms with E-state index in [4.69, 9.17) is 22.1 Å². The predicted octanol–water partition coefficient (Wildman–Crippen LogP) is 2.76. The third kappa shape index (κ3) is 3.26. The maximum Gasteiger partial charge on any atom is 0.240 e. The van der Waals surface area contributed by atoms with Gasteiger partial charge in [-0.15, -0.1) is 0 Å². The van der Waals surface area contributed by atoms with Gasteiger partial charge in [-0.25, -0.2) is 17.5 Å². The van der Waals surface area contributed by atoms with Gasteiger partial charge in [0.1, 0.15) is 0 Å². The molecular formula is C13H12ClFN2O3S. The molecule has 8 heteroatoms. The van der Waals surface area contributed by atoms with Gasteiger partial charge in [-0.1, -0.05) is 17.7 Å². The molecule has 112 valence electrons. The Morgan fingerprint density at radius 2 is 1.95 bits per heavy atom. The first-order valence-electron chi connectivity index (χ1n) is 5.80. The third-order valence-electron chi connectivity index (χ3n) is 2.70. The molecule has 0 aliphatic heterocycles. The molecular weight excluding hydrogens is 319 g/mol. The minimum Gasteiger partial charge on any atom is -0.452 e. The summed E-state index contributed by atoms with van der Waals surface area (Å²) in [5.41, 5.74) is 5.80. The molecule has 0 radical (unpaired) electrons. The van der Waals surface area contributed by atoms with Crippen LogP contribution in [0.1, 0.15) is 0 Å². The highest BCUT2D eigenvalue weighted by Gasteiger charge is 2.15. The lowest BCUT2D eigenvalue weighted by molar-refractivity contribution is 0.444. The fraction of sp³-hybridized carbons (Fsp3) is 0.0769. The van der Waals surface area contributed by atoms with Crippen molar-refractivity contribution in [2.24, 2.45) is 0 Å². The number of nitrogens with one attached hydrogen (secondary N) is 1. The molecule has 2 aromatic carbocycles. The van der Waals surface area contributed by atoms with Crippen LogP contribution in [0.4, 0.5) is 10.1 Å². The first-order chi connectivity index (χ1) is 9.85. The molecule has 2 rings (SSSR count). The fourth-order valence-electron chi connectivity index (χ4n) is 1.59. The SMILES string of the molecule is CNS(=O)(=O)c1ccc(Oc2cccc(Cl)c2F)c(N)c1. The highest BCUT2D eigenvalue weighted by atomic mass is 35.5. The average Bonchev–Trinajstić information content (AvgIpc) is 2.45. The van der Waals surface area contributed by atoms with Crippen LogP contribution in [0.5, 0.6) is 11.5 Å². The van der Waals surface area contributed by atoms with Gasteiger partial charge >= 0.3 is 0 Å². The molecule has 0 aliphatic rings. The summed E-state index contributed by atoms with van der Waals surface area (Å²) in [7, 11) is -2.32. The van der Waals surface area contributed by atoms with Crippen LogP contribution in [-0.4, -0.2) is 15.5 Å². The summed E-state index contributed by atoms with van der Waals surface area (Å²) in [6, 6.07) is 8.18. The predicted molar refractivity (Wildman–Crippen MR) is 78.6 cm³/mol. The molecule has 0 saturated carbocycles. The molecule has 0 aromatic heterocycles. The highest BCUT2D eigenvalue weighted by molar-refractivity contribution is 7.89. The summed E-state index contributed by atoms with van der Waals surface area (Å²) < 4.78 is 44.5. The van der Waals surface area contributed by atoms with E-state index in [1.165, 1.54) is 43.4 Å². The lowest BCUT2D eigenvalue weighted by Crippen LogP contribution is -2.18. The Bertz CT molecular complexity index is 781. The van der Waals surface area contributed by atoms with Crippen molar-refractivity contribution in [3.63, 3.8) is 0 Å². The highest BCUT2D eigenvalue weighted by Crippen LogP contribution is 2.32. The first-order valence-corrected chi connectivity index (χ1v) is 7.66. The maximum atomic E-state index is 13.7. The number of rotatable bonds is 4. The molecule has 0 bridgehead atoms. The normalized spacial score (nSPS) is 11.4. The zero-order valence-corrected chi connectivity index (χ0v) is 12.5. The van der Waals surface area contributed by atoms with E-state index in [1.807, 2.05) is 0 Å². The number of benzene rings is 2. The summed E-state index contributed by atoms with van der Waals surface area (Å²) in [4.78, 5) is -0.0126. The summed E-state index contributed by atoms with van der Waals surface area (Å²) in [6.45, 7) is 0. The van der Waals surface area contributed by atoms with E-state index in [-0.39, 0.29) is 27.1 Å². The zero-order chi connectivity index (χ0) is 15.6. The molecule has 0 saturated heterocycles. The second-order valence-corrected chi connectivity index (χ2v) is 6.35. The Morgan fingerprint density at radius 3 is 2.57 bits per heavy atom. The van der Waals surface area contributed by atoms with Crippen LogP contribution in [0.25, 0.3) is 0 Å². The molecule has 0 atom stereocenters. The van der Waals surface area contributed by atoms with Gasteiger partial charge in [-0.05, 0) is 37.4 Å². The van der Waals surface area contributed by atoms with Crippen LogP contribution in [0, 0.1) is 5.82 Å². The summed E-state index contributed by atoms with van der Waals surface area (Å²) in [6.07, 6.45) is 0. The molecule has 0 aliphatic carbocycles. The molecule has 3 N–H and O–H groups in total. The number of hydrogen-bond donors (Lipinski definition) is 2. The van der Waals surface area contributed by atoms with E-state index in [2.05, 4.69) is 4.72 Å². The van der Waals surface area contributed by atoms with Crippen LogP contribution in [-0.2, 0) is 10.0 Å². The van der Waals surface area contributed by atoms with Gasteiger partial charge in [0.15, 0.2) is 17.3 Å². The molecule has 21 heavy (non-hydrogen) atoms. The standard InChI is InChI=1S/C13H12ClFN2O3S/c1-17-21(18,19)8-5-6-11(10(16)7-8)20-12-4-2-3-9(14)13(12)15/h2-7,17H,16H2,1H3. The molecule has 0 amide bonds. The smallest absolute Gasteiger partial charge is 0.240 e. The van der Waals surface area contributed by atoms with E-state index < -0.39 is 15.8 Å². The molecule has 0 unspecified atom stereocenters. The van der Waals surface area contributed by atoms with Crippen molar-refractivity contribution in [1.29, 1.82) is 0 Å². The number of nitrogens with two attached hydrogens (primary N) is 1. The van der Waals surface area contributed by atoms with Gasteiger partial charge in [-0.3, -0.25) is 0 Å². The van der Waals surface area contributed by atoms with Gasteiger partial charge in [0.05, 0.1) is 15.6 Å². The van der Waals surface area contributed by atoms with Gasteiger partial charge in [0.25, 0.3) is 0 Å². The van der Waals surface area contributed by atoms with E-state index in [0.29, 0.717) is 0 Å². The van der Waals surface area contributed by atoms with Gasteiger partial charge in [-0.2, -0.15) is 0 Å². The topological polar surface area (TPSA) is 81.4 Å². The Morgan fingerprint density at radius 1 is 1.24 bits per heavy atom. The monoisotopic (exact) mass is 330 g/mol. The lowest BCUT2D eigenvalue weighted by atomic mass is 10.3. The van der Waals surface area contributed by atoms with Crippen molar-refractivity contribution in [1.82, 2.24) is 4.72 Å². The summed E-state index contributed by atoms with van der Waals surface area (Å²) >= 11 is 5.65. The van der Waals surface area contributed by atoms with Crippen molar-refractivity contribution in [2.75, 3.05) is 12.8 Å². The van der Waals surface area contributed by atoms with E-state index in [9.17, 15) is 12.8 Å². The Balaban J connectivity index is 2.37. The Kier molecular flexibility index (Phi) is 4.36. The number of anilines is 1. The second-order valence-electron chi connectivity index (χ2n) is 4.06. The second kappa shape index (κ2) is 5.88. The van der Waals surface area contributed by atoms with Crippen molar-refractivity contribution in [2.45, 2.75) is 4.90 Å². The van der Waals surface area contributed by atoms with E-state index in [0.717, 1.165) is 0 Å². The summed E-state index contributed by atoms with van der Waals surface area (Å²) in [5.74, 6) is -0.685. The molecule has 2 aromatic rings. The minimum absolute atomic E-state index is 0.0126. The van der Waals surface area contributed by atoms with Gasteiger partial charge < -0.3 is 10.5 Å². The largest absolute Gasteiger partial charge is 0.452 e. The first kappa shape index (κ1) is 15.6. The number of hydrogen-bond acceptors (Lipinski definition) is 4. The number of ether oxygens (including phenoxy) is 1. The average molecular weight is 331 g/mol. The quantitative estimate of drug-likeness (QED) is 0.845. The van der Waals surface area contributed by atoms with E-state index >= 15 is 0 Å². The van der Waals surface area contributed by atoms with Crippen molar-refractivity contribution >= 4 is 27.3 Å². The van der Waals surface area contributed by atoms with Crippen LogP contribution >= 0.6 is 11.6 Å². The molecule has 0 fully saturated rings. The fourth-order valence-corrected chi connectivity index (χ4v) is 2.52. The Labute approximate surface area is 126 Å². The lowest BCUT2D eigenvalue weighted by Gasteiger charge is -2.11. The number of halogens is 2. The maximum absolute atomic E-state index is 13.7. The van der Waals surface area contributed by atoms with Crippen LogP contribution in [0.2, 0.25) is 5.02 Å². The number of sulfonamides is 1. The molecule has 5 nitrogen and oxygen atoms in total. The van der Waals surface area contributed by atoms with Crippen molar-refractivity contribution in [3.05, 3.63) is 47.2 Å². The van der Waals surface area contributed by atoms with Crippen LogP contribution < -0.4 is 15.2 Å².